The molecule has 4 nitrogen and oxygen atoms in total. The van der Waals surface area contributed by atoms with Gasteiger partial charge in [0.1, 0.15) is 0 Å². The highest BCUT2D eigenvalue weighted by Crippen LogP contribution is 2.64. The molecule has 2 aliphatic carbocycles. The van der Waals surface area contributed by atoms with Crippen molar-refractivity contribution in [3.63, 3.8) is 0 Å². The van der Waals surface area contributed by atoms with Gasteiger partial charge in [0, 0.05) is 21.9 Å². The summed E-state index contributed by atoms with van der Waals surface area (Å²) < 4.78 is 2.19. The van der Waals surface area contributed by atoms with Crippen molar-refractivity contribution in [2.45, 2.75) is 5.41 Å². The fourth-order valence-corrected chi connectivity index (χ4v) is 11.1. The number of hydrogen-bond acceptors (Lipinski definition) is 3. The van der Waals surface area contributed by atoms with Crippen LogP contribution in [0.3, 0.4) is 0 Å². The molecule has 0 unspecified atom stereocenters. The molecule has 0 radical (unpaired) electrons. The molecule has 0 fully saturated rings. The van der Waals surface area contributed by atoms with Crippen LogP contribution in [0.15, 0.2) is 206 Å². The minimum Gasteiger partial charge on any atom is -0.278 e. The van der Waals surface area contributed by atoms with Gasteiger partial charge in [0.15, 0.2) is 11.6 Å². The van der Waals surface area contributed by atoms with E-state index in [1.54, 1.807) is 0 Å². The Balaban J connectivity index is 1.09. The lowest BCUT2D eigenvalue weighted by Gasteiger charge is -2.30. The molecule has 0 bridgehead atoms. The van der Waals surface area contributed by atoms with Crippen LogP contribution in [-0.4, -0.2) is 19.5 Å². The average Bonchev–Trinajstić information content (AvgIpc) is 3.95. The molecule has 2 heterocycles. The van der Waals surface area contributed by atoms with E-state index in [4.69, 9.17) is 15.0 Å². The van der Waals surface area contributed by atoms with Gasteiger partial charge in [-0.15, -0.1) is 0 Å². The maximum atomic E-state index is 5.38. The van der Waals surface area contributed by atoms with Crippen LogP contribution in [0.5, 0.6) is 0 Å². The Kier molecular flexibility index (Phi) is 6.73. The van der Waals surface area contributed by atoms with Crippen molar-refractivity contribution < 1.29 is 0 Å². The van der Waals surface area contributed by atoms with Gasteiger partial charge < -0.3 is 0 Å². The summed E-state index contributed by atoms with van der Waals surface area (Å²) in [5.41, 5.74) is 13.7. The molecule has 10 aromatic carbocycles. The van der Waals surface area contributed by atoms with Gasteiger partial charge in [-0.25, -0.2) is 4.98 Å². The molecule has 14 rings (SSSR count). The molecular formula is C58H34N4. The molecule has 0 atom stereocenters. The van der Waals surface area contributed by atoms with Gasteiger partial charge in [0.05, 0.1) is 16.4 Å². The molecule has 0 aliphatic heterocycles. The van der Waals surface area contributed by atoms with Gasteiger partial charge in [0.25, 0.3) is 0 Å². The van der Waals surface area contributed by atoms with E-state index in [2.05, 4.69) is 193 Å². The fourth-order valence-electron chi connectivity index (χ4n) is 11.1. The smallest absolute Gasteiger partial charge is 0.238 e. The maximum absolute atomic E-state index is 5.38. The van der Waals surface area contributed by atoms with Gasteiger partial charge in [0.2, 0.25) is 5.95 Å². The Morgan fingerprint density at radius 2 is 0.742 bits per heavy atom. The van der Waals surface area contributed by atoms with Gasteiger partial charge in [-0.05, 0) is 107 Å². The highest BCUT2D eigenvalue weighted by Gasteiger charge is 2.52. The summed E-state index contributed by atoms with van der Waals surface area (Å²) in [6, 6.07) is 75.0. The first-order valence-corrected chi connectivity index (χ1v) is 21.3. The zero-order chi connectivity index (χ0) is 40.5. The van der Waals surface area contributed by atoms with Crippen molar-refractivity contribution in [3.05, 3.63) is 229 Å². The normalized spacial score (nSPS) is 13.3. The largest absolute Gasteiger partial charge is 0.278 e. The van der Waals surface area contributed by atoms with E-state index < -0.39 is 5.41 Å². The summed E-state index contributed by atoms with van der Waals surface area (Å²) in [6.07, 6.45) is 0. The Labute approximate surface area is 357 Å². The molecular weight excluding hydrogens is 753 g/mol. The molecule has 62 heavy (non-hydrogen) atoms. The predicted molar refractivity (Wildman–Crippen MR) is 254 cm³/mol. The zero-order valence-corrected chi connectivity index (χ0v) is 33.4. The van der Waals surface area contributed by atoms with Crippen LogP contribution < -0.4 is 0 Å². The maximum Gasteiger partial charge on any atom is 0.238 e. The van der Waals surface area contributed by atoms with Crippen LogP contribution in [0.1, 0.15) is 22.3 Å². The van der Waals surface area contributed by atoms with E-state index in [1.807, 2.05) is 18.2 Å². The van der Waals surface area contributed by atoms with Crippen LogP contribution in [0.25, 0.3) is 105 Å². The van der Waals surface area contributed by atoms with E-state index in [0.717, 1.165) is 32.9 Å². The summed E-state index contributed by atoms with van der Waals surface area (Å²) in [6.45, 7) is 0. The molecule has 1 spiro atoms. The lowest BCUT2D eigenvalue weighted by Crippen LogP contribution is -2.25. The predicted octanol–water partition coefficient (Wildman–Crippen LogP) is 14.1. The summed E-state index contributed by atoms with van der Waals surface area (Å²) in [4.78, 5) is 15.9. The minimum atomic E-state index is -0.514. The number of aromatic nitrogens is 4. The molecule has 0 N–H and O–H groups in total. The standard InChI is InChI=1S/C58H34N4/c1-2-16-35(17-3-1)55-59-56(61-57(60-55)62-53-28-14-10-24-43(53)44-25-11-15-29-54(44)62)36-30-31-51-47(32-36)48-33-45-39-20-6-4-18-37(39)38-19-5-7-21-40(38)46(45)34-52(48)58(51)49-26-12-8-22-41(49)42-23-9-13-27-50(42)58/h1-34H. The molecule has 2 aromatic heterocycles. The van der Waals surface area contributed by atoms with Gasteiger partial charge in [-0.1, -0.05) is 176 Å². The summed E-state index contributed by atoms with van der Waals surface area (Å²) in [7, 11) is 0. The lowest BCUT2D eigenvalue weighted by atomic mass is 9.70. The van der Waals surface area contributed by atoms with Crippen molar-refractivity contribution in [2.75, 3.05) is 0 Å². The number of hydrogen-bond donors (Lipinski definition) is 0. The van der Waals surface area contributed by atoms with Gasteiger partial charge in [-0.2, -0.15) is 9.97 Å². The molecule has 4 heteroatoms. The first-order chi connectivity index (χ1) is 30.8. The van der Waals surface area contributed by atoms with E-state index >= 15 is 0 Å². The fraction of sp³-hybridized carbons (Fsp3) is 0.0172. The second-order valence-corrected chi connectivity index (χ2v) is 16.7. The molecule has 2 aliphatic rings. The average molecular weight is 787 g/mol. The van der Waals surface area contributed by atoms with Gasteiger partial charge >= 0.3 is 0 Å². The molecule has 0 saturated heterocycles. The third kappa shape index (κ3) is 4.37. The number of benzene rings is 10. The third-order valence-corrected chi connectivity index (χ3v) is 13.6. The lowest BCUT2D eigenvalue weighted by molar-refractivity contribution is 0.795. The molecule has 286 valence electrons. The van der Waals surface area contributed by atoms with Gasteiger partial charge in [-0.3, -0.25) is 4.57 Å². The topological polar surface area (TPSA) is 43.6 Å². The highest BCUT2D eigenvalue weighted by molar-refractivity contribution is 6.26. The zero-order valence-electron chi connectivity index (χ0n) is 33.4. The first kappa shape index (κ1) is 33.6. The van der Waals surface area contributed by atoms with Crippen molar-refractivity contribution in [1.29, 1.82) is 0 Å². The summed E-state index contributed by atoms with van der Waals surface area (Å²) in [5.74, 6) is 1.85. The Morgan fingerprint density at radius 3 is 1.35 bits per heavy atom. The van der Waals surface area contributed by atoms with E-state index in [9.17, 15) is 0 Å². The molecule has 0 saturated carbocycles. The Morgan fingerprint density at radius 1 is 0.290 bits per heavy atom. The molecule has 12 aromatic rings. The third-order valence-electron chi connectivity index (χ3n) is 13.6. The van der Waals surface area contributed by atoms with E-state index in [-0.39, 0.29) is 0 Å². The van der Waals surface area contributed by atoms with Crippen molar-refractivity contribution in [3.8, 4) is 51.0 Å². The van der Waals surface area contributed by atoms with Crippen LogP contribution in [0.2, 0.25) is 0 Å². The number of fused-ring (bicyclic) bond motifs is 19. The highest BCUT2D eigenvalue weighted by atomic mass is 15.2. The number of para-hydroxylation sites is 2. The summed E-state index contributed by atoms with van der Waals surface area (Å²) in [5, 5.41) is 9.93. The first-order valence-electron chi connectivity index (χ1n) is 21.3. The van der Waals surface area contributed by atoms with Crippen LogP contribution >= 0.6 is 0 Å². The monoisotopic (exact) mass is 786 g/mol. The minimum absolute atomic E-state index is 0.514. The Bertz CT molecular complexity index is 3780. The second-order valence-electron chi connectivity index (χ2n) is 16.7. The van der Waals surface area contributed by atoms with E-state index in [0.29, 0.717) is 17.6 Å². The molecule has 0 amide bonds. The SMILES string of the molecule is c1ccc(-c2nc(-c3ccc4c(c3)-c3cc5c6ccccc6c6ccccc6c5cc3C43c4ccccc4-c4ccccc43)nc(-n3c4ccccc4c4ccccc43)n2)cc1. The van der Waals surface area contributed by atoms with Crippen molar-refractivity contribution in [2.24, 2.45) is 0 Å². The number of rotatable bonds is 3. The summed E-state index contributed by atoms with van der Waals surface area (Å²) >= 11 is 0. The van der Waals surface area contributed by atoms with Crippen molar-refractivity contribution >= 4 is 54.1 Å². The second kappa shape index (κ2) is 12.4. The Hall–Kier alpha value is -8.21. The van der Waals surface area contributed by atoms with Crippen LogP contribution in [0, 0.1) is 0 Å². The quantitative estimate of drug-likeness (QED) is 0.168. The van der Waals surface area contributed by atoms with Crippen LogP contribution in [0.4, 0.5) is 0 Å². The number of nitrogens with zero attached hydrogens (tertiary/aromatic N) is 4. The van der Waals surface area contributed by atoms with Crippen molar-refractivity contribution in [1.82, 2.24) is 19.5 Å². The van der Waals surface area contributed by atoms with Crippen LogP contribution in [-0.2, 0) is 5.41 Å². The van der Waals surface area contributed by atoms with E-state index in [1.165, 1.54) is 76.8 Å².